The summed E-state index contributed by atoms with van der Waals surface area (Å²) in [5.74, 6) is 1.63. The van der Waals surface area contributed by atoms with Crippen molar-refractivity contribution in [2.75, 3.05) is 0 Å². The van der Waals surface area contributed by atoms with Crippen molar-refractivity contribution >= 4 is 23.2 Å². The molecule has 1 aromatic carbocycles. The van der Waals surface area contributed by atoms with E-state index in [0.29, 0.717) is 22.6 Å². The second-order valence-electron chi connectivity index (χ2n) is 4.37. The molecule has 6 heteroatoms. The van der Waals surface area contributed by atoms with Crippen LogP contribution in [0.15, 0.2) is 18.2 Å². The summed E-state index contributed by atoms with van der Waals surface area (Å²) < 4.78 is 2.11. The molecule has 18 heavy (non-hydrogen) atoms. The van der Waals surface area contributed by atoms with Crippen LogP contribution in [0.2, 0.25) is 10.0 Å². The van der Waals surface area contributed by atoms with Gasteiger partial charge in [-0.3, -0.25) is 0 Å². The molecule has 1 heterocycles. The summed E-state index contributed by atoms with van der Waals surface area (Å²) in [6.07, 6.45) is 2.30. The number of hydrogen-bond donors (Lipinski definition) is 1. The monoisotopic (exact) mass is 282 g/mol. The molecule has 3 rings (SSSR count). The van der Waals surface area contributed by atoms with Gasteiger partial charge in [-0.05, 0) is 31.0 Å². The molecule has 0 bridgehead atoms. The van der Waals surface area contributed by atoms with Crippen LogP contribution in [-0.2, 0) is 6.54 Å². The summed E-state index contributed by atoms with van der Waals surface area (Å²) in [6.45, 7) is 0.394. The highest BCUT2D eigenvalue weighted by Gasteiger charge is 2.29. The summed E-state index contributed by atoms with van der Waals surface area (Å²) in [6, 6.07) is 5.96. The van der Waals surface area contributed by atoms with Crippen molar-refractivity contribution in [2.24, 2.45) is 5.73 Å². The van der Waals surface area contributed by atoms with E-state index in [1.165, 1.54) is 0 Å². The maximum atomic E-state index is 6.04. The number of benzene rings is 1. The summed E-state index contributed by atoms with van der Waals surface area (Å²) in [5.41, 5.74) is 6.61. The Labute approximate surface area is 115 Å². The predicted molar refractivity (Wildman–Crippen MR) is 71.6 cm³/mol. The molecule has 0 atom stereocenters. The zero-order valence-corrected chi connectivity index (χ0v) is 11.1. The van der Waals surface area contributed by atoms with E-state index in [-0.39, 0.29) is 0 Å². The SMILES string of the molecule is NCc1nnc(-c2ccc(Cl)c(Cl)c2)n1C1CC1. The van der Waals surface area contributed by atoms with Crippen LogP contribution >= 0.6 is 23.2 Å². The van der Waals surface area contributed by atoms with Gasteiger partial charge < -0.3 is 10.3 Å². The van der Waals surface area contributed by atoms with Crippen LogP contribution < -0.4 is 5.73 Å². The zero-order chi connectivity index (χ0) is 12.7. The molecule has 1 aromatic heterocycles. The minimum Gasteiger partial charge on any atom is -0.324 e. The van der Waals surface area contributed by atoms with Crippen LogP contribution in [0.25, 0.3) is 11.4 Å². The van der Waals surface area contributed by atoms with Gasteiger partial charge in [-0.15, -0.1) is 10.2 Å². The lowest BCUT2D eigenvalue weighted by molar-refractivity contribution is 0.688. The molecular formula is C12H12Cl2N4. The van der Waals surface area contributed by atoms with Crippen LogP contribution in [0.5, 0.6) is 0 Å². The van der Waals surface area contributed by atoms with Crippen molar-refractivity contribution in [3.63, 3.8) is 0 Å². The van der Waals surface area contributed by atoms with Crippen LogP contribution in [0.3, 0.4) is 0 Å². The normalized spacial score (nSPS) is 15.1. The highest BCUT2D eigenvalue weighted by atomic mass is 35.5. The minimum atomic E-state index is 0.394. The lowest BCUT2D eigenvalue weighted by Gasteiger charge is -2.08. The smallest absolute Gasteiger partial charge is 0.164 e. The van der Waals surface area contributed by atoms with Crippen LogP contribution in [0.1, 0.15) is 24.7 Å². The average molecular weight is 283 g/mol. The molecule has 0 unspecified atom stereocenters. The maximum absolute atomic E-state index is 6.04. The Hall–Kier alpha value is -1.10. The van der Waals surface area contributed by atoms with Gasteiger partial charge in [0.15, 0.2) is 5.82 Å². The lowest BCUT2D eigenvalue weighted by Crippen LogP contribution is -2.08. The molecule has 1 fully saturated rings. The second-order valence-corrected chi connectivity index (χ2v) is 5.19. The van der Waals surface area contributed by atoms with E-state index in [1.807, 2.05) is 12.1 Å². The van der Waals surface area contributed by atoms with Crippen LogP contribution in [0.4, 0.5) is 0 Å². The van der Waals surface area contributed by atoms with Crippen molar-refractivity contribution in [1.29, 1.82) is 0 Å². The topological polar surface area (TPSA) is 56.7 Å². The van der Waals surface area contributed by atoms with Gasteiger partial charge in [-0.2, -0.15) is 0 Å². The Balaban J connectivity index is 2.10. The van der Waals surface area contributed by atoms with Gasteiger partial charge in [0.05, 0.1) is 16.6 Å². The highest BCUT2D eigenvalue weighted by molar-refractivity contribution is 6.42. The Kier molecular flexibility index (Phi) is 3.01. The fourth-order valence-corrected chi connectivity index (χ4v) is 2.31. The molecule has 0 spiro atoms. The number of nitrogens with two attached hydrogens (primary N) is 1. The first-order valence-corrected chi connectivity index (χ1v) is 6.55. The van der Waals surface area contributed by atoms with Gasteiger partial charge in [0.2, 0.25) is 0 Å². The first-order valence-electron chi connectivity index (χ1n) is 5.80. The number of aromatic nitrogens is 3. The van der Waals surface area contributed by atoms with Gasteiger partial charge in [-0.1, -0.05) is 23.2 Å². The zero-order valence-electron chi connectivity index (χ0n) is 9.61. The van der Waals surface area contributed by atoms with E-state index in [0.717, 1.165) is 30.1 Å². The summed E-state index contributed by atoms with van der Waals surface area (Å²) in [5, 5.41) is 9.42. The largest absolute Gasteiger partial charge is 0.324 e. The fourth-order valence-electron chi connectivity index (χ4n) is 2.01. The maximum Gasteiger partial charge on any atom is 0.164 e. The molecule has 1 aliphatic rings. The molecule has 1 saturated carbocycles. The first kappa shape index (κ1) is 12.0. The second kappa shape index (κ2) is 4.53. The van der Waals surface area contributed by atoms with E-state index in [9.17, 15) is 0 Å². The number of halogens is 2. The summed E-state index contributed by atoms with van der Waals surface area (Å²) in [7, 11) is 0. The molecule has 0 amide bonds. The molecule has 4 nitrogen and oxygen atoms in total. The van der Waals surface area contributed by atoms with E-state index in [4.69, 9.17) is 28.9 Å². The summed E-state index contributed by atoms with van der Waals surface area (Å²) in [4.78, 5) is 0. The molecule has 2 aromatic rings. The Morgan fingerprint density at radius 1 is 1.22 bits per heavy atom. The number of rotatable bonds is 3. The Bertz CT molecular complexity index is 590. The third-order valence-corrected chi connectivity index (χ3v) is 3.78. The van der Waals surface area contributed by atoms with Crippen molar-refractivity contribution in [2.45, 2.75) is 25.4 Å². The third-order valence-electron chi connectivity index (χ3n) is 3.04. The highest BCUT2D eigenvalue weighted by Crippen LogP contribution is 2.39. The molecule has 2 N–H and O–H groups in total. The Morgan fingerprint density at radius 2 is 2.00 bits per heavy atom. The van der Waals surface area contributed by atoms with Gasteiger partial charge in [-0.25, -0.2) is 0 Å². The molecule has 94 valence electrons. The van der Waals surface area contributed by atoms with E-state index in [1.54, 1.807) is 6.07 Å². The van der Waals surface area contributed by atoms with E-state index < -0.39 is 0 Å². The van der Waals surface area contributed by atoms with Gasteiger partial charge in [0.25, 0.3) is 0 Å². The molecule has 1 aliphatic carbocycles. The molecule has 0 saturated heterocycles. The van der Waals surface area contributed by atoms with E-state index >= 15 is 0 Å². The van der Waals surface area contributed by atoms with Crippen LogP contribution in [0, 0.1) is 0 Å². The molecule has 0 radical (unpaired) electrons. The number of nitrogens with zero attached hydrogens (tertiary/aromatic N) is 3. The average Bonchev–Trinajstić information content (AvgIpc) is 3.12. The molecule has 0 aliphatic heterocycles. The minimum absolute atomic E-state index is 0.394. The van der Waals surface area contributed by atoms with E-state index in [2.05, 4.69) is 14.8 Å². The molecular weight excluding hydrogens is 271 g/mol. The van der Waals surface area contributed by atoms with Crippen molar-refractivity contribution in [3.8, 4) is 11.4 Å². The van der Waals surface area contributed by atoms with Crippen LogP contribution in [-0.4, -0.2) is 14.8 Å². The summed E-state index contributed by atoms with van der Waals surface area (Å²) >= 11 is 12.0. The van der Waals surface area contributed by atoms with Gasteiger partial charge >= 0.3 is 0 Å². The van der Waals surface area contributed by atoms with Crippen molar-refractivity contribution < 1.29 is 0 Å². The number of hydrogen-bond acceptors (Lipinski definition) is 3. The quantitative estimate of drug-likeness (QED) is 0.941. The first-order chi connectivity index (χ1) is 8.70. The Morgan fingerprint density at radius 3 is 2.61 bits per heavy atom. The van der Waals surface area contributed by atoms with Gasteiger partial charge in [0, 0.05) is 11.6 Å². The fraction of sp³-hybridized carbons (Fsp3) is 0.333. The predicted octanol–water partition coefficient (Wildman–Crippen LogP) is 3.05. The standard InChI is InChI=1S/C12H12Cl2N4/c13-9-4-1-7(5-10(9)14)12-17-16-11(6-15)18(12)8-2-3-8/h1,4-5,8H,2-3,6,15H2. The lowest BCUT2D eigenvalue weighted by atomic mass is 10.2. The van der Waals surface area contributed by atoms with Crippen molar-refractivity contribution in [1.82, 2.24) is 14.8 Å². The van der Waals surface area contributed by atoms with Gasteiger partial charge in [0.1, 0.15) is 5.82 Å². The van der Waals surface area contributed by atoms with Crippen molar-refractivity contribution in [3.05, 3.63) is 34.1 Å². The third kappa shape index (κ3) is 2.00.